The molecule has 0 unspecified atom stereocenters. The van der Waals surface area contributed by atoms with Crippen LogP contribution in [0.1, 0.15) is 5.56 Å². The molecule has 0 aliphatic carbocycles. The van der Waals surface area contributed by atoms with Crippen LogP contribution in [0.3, 0.4) is 0 Å². The fourth-order valence-electron chi connectivity index (χ4n) is 3.47. The summed E-state index contributed by atoms with van der Waals surface area (Å²) in [5.41, 5.74) is 2.29. The van der Waals surface area contributed by atoms with Gasteiger partial charge in [0.2, 0.25) is 5.28 Å². The van der Waals surface area contributed by atoms with Crippen LogP contribution >= 0.6 is 11.6 Å². The Balaban J connectivity index is 1.53. The lowest BCUT2D eigenvalue weighted by Crippen LogP contribution is -2.41. The number of nitrogens with one attached hydrogen (secondary N) is 1. The molecule has 31 heavy (non-hydrogen) atoms. The van der Waals surface area contributed by atoms with E-state index in [1.807, 2.05) is 18.2 Å². The van der Waals surface area contributed by atoms with Crippen LogP contribution in [-0.2, 0) is 17.6 Å². The van der Waals surface area contributed by atoms with Crippen LogP contribution < -0.4 is 19.7 Å². The van der Waals surface area contributed by atoms with E-state index in [4.69, 9.17) is 21.1 Å². The second-order valence-corrected chi connectivity index (χ2v) is 8.97. The molecule has 1 aliphatic rings. The van der Waals surface area contributed by atoms with E-state index < -0.39 is 11.2 Å². The lowest BCUT2D eigenvalue weighted by Gasteiger charge is -2.29. The zero-order valence-electron chi connectivity index (χ0n) is 17.3. The summed E-state index contributed by atoms with van der Waals surface area (Å²) in [5.74, 6) is 3.84. The molecular weight excluding hydrogens is 440 g/mol. The SMILES string of the molecule is COc1ccc(CCNc2ncnc3c(N4CC[S+]([O-])CC4)nc(Cl)nc23)cc1OC. The van der Waals surface area contributed by atoms with Gasteiger partial charge < -0.3 is 24.2 Å². The van der Waals surface area contributed by atoms with Crippen molar-refractivity contribution in [3.8, 4) is 11.5 Å². The number of anilines is 2. The number of nitrogens with zero attached hydrogens (tertiary/aromatic N) is 5. The largest absolute Gasteiger partial charge is 0.616 e. The van der Waals surface area contributed by atoms with Gasteiger partial charge in [-0.2, -0.15) is 4.98 Å². The van der Waals surface area contributed by atoms with Crippen LogP contribution in [0.25, 0.3) is 11.0 Å². The summed E-state index contributed by atoms with van der Waals surface area (Å²) >= 11 is 5.43. The van der Waals surface area contributed by atoms with Crippen LogP contribution in [0.4, 0.5) is 11.6 Å². The number of fused-ring (bicyclic) bond motifs is 1. The standard InChI is InChI=1S/C20H23ClN6O3S/c1-29-14-4-3-13(11-15(14)30-2)5-6-22-18-16-17(23-12-24-18)19(26-20(21)25-16)27-7-9-31(28)10-8-27/h3-4,11-12H,5-10H2,1-2H3,(H,22,23,24). The van der Waals surface area contributed by atoms with Gasteiger partial charge in [-0.1, -0.05) is 17.2 Å². The van der Waals surface area contributed by atoms with Crippen molar-refractivity contribution in [3.05, 3.63) is 35.4 Å². The van der Waals surface area contributed by atoms with Gasteiger partial charge in [0.1, 0.15) is 28.9 Å². The fraction of sp³-hybridized carbons (Fsp3) is 0.400. The van der Waals surface area contributed by atoms with Crippen molar-refractivity contribution < 1.29 is 14.0 Å². The average molecular weight is 463 g/mol. The molecule has 1 aliphatic heterocycles. The molecule has 1 N–H and O–H groups in total. The lowest BCUT2D eigenvalue weighted by molar-refractivity contribution is 0.354. The van der Waals surface area contributed by atoms with Crippen LogP contribution in [0.5, 0.6) is 11.5 Å². The van der Waals surface area contributed by atoms with Gasteiger partial charge >= 0.3 is 0 Å². The monoisotopic (exact) mass is 462 g/mol. The zero-order valence-corrected chi connectivity index (χ0v) is 18.9. The van der Waals surface area contributed by atoms with E-state index in [2.05, 4.69) is 30.2 Å². The smallest absolute Gasteiger partial charge is 0.225 e. The second kappa shape index (κ2) is 9.71. The molecule has 0 radical (unpaired) electrons. The number of benzene rings is 1. The van der Waals surface area contributed by atoms with Crippen molar-refractivity contribution in [1.29, 1.82) is 0 Å². The highest BCUT2D eigenvalue weighted by molar-refractivity contribution is 7.91. The zero-order chi connectivity index (χ0) is 21.8. The maximum Gasteiger partial charge on any atom is 0.225 e. The van der Waals surface area contributed by atoms with Crippen molar-refractivity contribution in [1.82, 2.24) is 19.9 Å². The van der Waals surface area contributed by atoms with E-state index in [1.165, 1.54) is 6.33 Å². The minimum absolute atomic E-state index is 0.131. The van der Waals surface area contributed by atoms with Crippen molar-refractivity contribution in [2.75, 3.05) is 55.6 Å². The molecule has 1 aromatic carbocycles. The van der Waals surface area contributed by atoms with E-state index >= 15 is 0 Å². The van der Waals surface area contributed by atoms with E-state index in [-0.39, 0.29) is 5.28 Å². The number of methoxy groups -OCH3 is 2. The molecule has 0 atom stereocenters. The van der Waals surface area contributed by atoms with Gasteiger partial charge in [0.05, 0.1) is 27.3 Å². The minimum Gasteiger partial charge on any atom is -0.616 e. The van der Waals surface area contributed by atoms with Crippen molar-refractivity contribution >= 4 is 45.4 Å². The fourth-order valence-corrected chi connectivity index (χ4v) is 4.68. The highest BCUT2D eigenvalue weighted by atomic mass is 35.5. The van der Waals surface area contributed by atoms with Gasteiger partial charge in [0.15, 0.2) is 23.1 Å². The molecule has 0 amide bonds. The highest BCUT2D eigenvalue weighted by Crippen LogP contribution is 2.29. The summed E-state index contributed by atoms with van der Waals surface area (Å²) in [6, 6.07) is 5.84. The van der Waals surface area contributed by atoms with Crippen LogP contribution in [0.15, 0.2) is 24.5 Å². The van der Waals surface area contributed by atoms with Crippen molar-refractivity contribution in [3.63, 3.8) is 0 Å². The van der Waals surface area contributed by atoms with Crippen LogP contribution in [0, 0.1) is 0 Å². The molecule has 164 valence electrons. The number of ether oxygens (including phenoxy) is 2. The number of hydrogen-bond donors (Lipinski definition) is 1. The summed E-state index contributed by atoms with van der Waals surface area (Å²) < 4.78 is 22.4. The molecular formula is C20H23ClN6O3S. The van der Waals surface area contributed by atoms with Crippen LogP contribution in [0.2, 0.25) is 5.28 Å². The summed E-state index contributed by atoms with van der Waals surface area (Å²) in [7, 11) is 3.23. The topological polar surface area (TPSA) is 108 Å². The third-order valence-electron chi connectivity index (χ3n) is 5.07. The molecule has 0 spiro atoms. The molecule has 3 aromatic rings. The van der Waals surface area contributed by atoms with Gasteiger partial charge in [0.25, 0.3) is 0 Å². The van der Waals surface area contributed by atoms with Crippen molar-refractivity contribution in [2.24, 2.45) is 0 Å². The Bertz CT molecular complexity index is 1060. The van der Waals surface area contributed by atoms with Gasteiger partial charge in [-0.05, 0) is 35.7 Å². The Hall–Kier alpha value is -2.56. The third-order valence-corrected chi connectivity index (χ3v) is 6.51. The first-order valence-corrected chi connectivity index (χ1v) is 11.7. The summed E-state index contributed by atoms with van der Waals surface area (Å²) in [5, 5.41) is 3.46. The molecule has 0 bridgehead atoms. The normalized spacial score (nSPS) is 14.6. The Morgan fingerprint density at radius 3 is 2.61 bits per heavy atom. The Morgan fingerprint density at radius 1 is 1.10 bits per heavy atom. The Morgan fingerprint density at radius 2 is 1.87 bits per heavy atom. The predicted octanol–water partition coefficient (Wildman–Crippen LogP) is 2.31. The first kappa shape index (κ1) is 21.7. The van der Waals surface area contributed by atoms with E-state index in [0.717, 1.165) is 12.0 Å². The predicted molar refractivity (Wildman–Crippen MR) is 122 cm³/mol. The van der Waals surface area contributed by atoms with Gasteiger partial charge in [-0.15, -0.1) is 0 Å². The van der Waals surface area contributed by atoms with E-state index in [0.29, 0.717) is 65.3 Å². The molecule has 4 rings (SSSR count). The first-order valence-electron chi connectivity index (χ1n) is 9.82. The molecule has 2 aromatic heterocycles. The number of aromatic nitrogens is 4. The van der Waals surface area contributed by atoms with E-state index in [9.17, 15) is 4.55 Å². The van der Waals surface area contributed by atoms with Crippen molar-refractivity contribution in [2.45, 2.75) is 6.42 Å². The Labute approximate surface area is 188 Å². The molecule has 9 nitrogen and oxygen atoms in total. The third kappa shape index (κ3) is 4.86. The van der Waals surface area contributed by atoms with Gasteiger partial charge in [-0.3, -0.25) is 0 Å². The van der Waals surface area contributed by atoms with Crippen LogP contribution in [-0.4, -0.2) is 69.8 Å². The lowest BCUT2D eigenvalue weighted by atomic mass is 10.1. The highest BCUT2D eigenvalue weighted by Gasteiger charge is 2.24. The maximum atomic E-state index is 11.7. The Kier molecular flexibility index (Phi) is 6.79. The van der Waals surface area contributed by atoms with Gasteiger partial charge in [-0.25, -0.2) is 15.0 Å². The molecule has 1 saturated heterocycles. The average Bonchev–Trinajstić information content (AvgIpc) is 2.79. The quantitative estimate of drug-likeness (QED) is 0.417. The summed E-state index contributed by atoms with van der Waals surface area (Å²) in [6.07, 6.45) is 2.24. The minimum atomic E-state index is -0.785. The molecule has 0 saturated carbocycles. The first-order chi connectivity index (χ1) is 15.1. The number of hydrogen-bond acceptors (Lipinski definition) is 9. The summed E-state index contributed by atoms with van der Waals surface area (Å²) in [4.78, 5) is 19.6. The number of rotatable bonds is 7. The molecule has 11 heteroatoms. The number of halogens is 1. The molecule has 3 heterocycles. The molecule has 1 fully saturated rings. The van der Waals surface area contributed by atoms with E-state index in [1.54, 1.807) is 14.2 Å². The van der Waals surface area contributed by atoms with Gasteiger partial charge in [0, 0.05) is 6.54 Å². The second-order valence-electron chi connectivity index (χ2n) is 6.94. The maximum absolute atomic E-state index is 11.7. The summed E-state index contributed by atoms with van der Waals surface area (Å²) in [6.45, 7) is 1.91.